The minimum atomic E-state index is -4.33. The molecular weight excluding hydrogens is 347 g/mol. The molecule has 1 atom stereocenters. The average molecular weight is 365 g/mol. The number of fused-ring (bicyclic) bond motifs is 1. The maximum absolute atomic E-state index is 13.1. The maximum atomic E-state index is 13.1. The SMILES string of the molecule is Cc1c(C#N)nc2n1C[C@@H](COc1ccc(C(C)(C)C(F)(F)F)cc1)O2. The summed E-state index contributed by atoms with van der Waals surface area (Å²) >= 11 is 0. The quantitative estimate of drug-likeness (QED) is 0.828. The summed E-state index contributed by atoms with van der Waals surface area (Å²) in [4.78, 5) is 4.09. The predicted octanol–water partition coefficient (Wildman–Crippen LogP) is 3.74. The van der Waals surface area contributed by atoms with E-state index < -0.39 is 11.6 Å². The number of rotatable bonds is 4. The summed E-state index contributed by atoms with van der Waals surface area (Å²) < 4.78 is 52.3. The second-order valence-corrected chi connectivity index (χ2v) is 6.75. The van der Waals surface area contributed by atoms with Crippen LogP contribution >= 0.6 is 0 Å². The van der Waals surface area contributed by atoms with Crippen LogP contribution in [0.15, 0.2) is 24.3 Å². The van der Waals surface area contributed by atoms with Gasteiger partial charge < -0.3 is 9.47 Å². The van der Waals surface area contributed by atoms with Gasteiger partial charge in [-0.05, 0) is 38.5 Å². The fraction of sp³-hybridized carbons (Fsp3) is 0.444. The van der Waals surface area contributed by atoms with E-state index in [1.54, 1.807) is 6.92 Å². The smallest absolute Gasteiger partial charge is 0.397 e. The van der Waals surface area contributed by atoms with Gasteiger partial charge in [0.25, 0.3) is 6.01 Å². The second-order valence-electron chi connectivity index (χ2n) is 6.75. The third-order valence-electron chi connectivity index (χ3n) is 4.67. The standard InChI is InChI=1S/C18H18F3N3O2/c1-11-15(8-22)23-16-24(11)9-14(26-16)10-25-13-6-4-12(5-7-13)17(2,3)18(19,20)21/h4-7,14H,9-10H2,1-3H3/t14-/m0/s1. The number of hydrogen-bond acceptors (Lipinski definition) is 4. The van der Waals surface area contributed by atoms with E-state index in [1.165, 1.54) is 24.3 Å². The lowest BCUT2D eigenvalue weighted by atomic mass is 9.84. The molecule has 0 fully saturated rings. The molecule has 0 saturated heterocycles. The molecule has 1 aromatic carbocycles. The number of benzene rings is 1. The Morgan fingerprint density at radius 2 is 1.96 bits per heavy atom. The summed E-state index contributed by atoms with van der Waals surface area (Å²) in [5.74, 6) is 0.467. The molecule has 0 unspecified atom stereocenters. The second kappa shape index (κ2) is 6.24. The van der Waals surface area contributed by atoms with Crippen LogP contribution in [0.3, 0.4) is 0 Å². The minimum Gasteiger partial charge on any atom is -0.490 e. The van der Waals surface area contributed by atoms with Crippen molar-refractivity contribution in [2.24, 2.45) is 0 Å². The zero-order valence-corrected chi connectivity index (χ0v) is 14.6. The van der Waals surface area contributed by atoms with Crippen molar-refractivity contribution in [3.05, 3.63) is 41.2 Å². The number of hydrogen-bond donors (Lipinski definition) is 0. The molecule has 2 heterocycles. The van der Waals surface area contributed by atoms with Gasteiger partial charge in [-0.3, -0.25) is 4.57 Å². The molecule has 138 valence electrons. The van der Waals surface area contributed by atoms with Crippen molar-refractivity contribution < 1.29 is 22.6 Å². The van der Waals surface area contributed by atoms with Gasteiger partial charge in [0.05, 0.1) is 17.7 Å². The van der Waals surface area contributed by atoms with Gasteiger partial charge in [0.2, 0.25) is 0 Å². The van der Waals surface area contributed by atoms with Gasteiger partial charge in [-0.1, -0.05) is 12.1 Å². The first-order valence-electron chi connectivity index (χ1n) is 8.07. The molecule has 1 aliphatic rings. The van der Waals surface area contributed by atoms with E-state index >= 15 is 0 Å². The Morgan fingerprint density at radius 3 is 2.50 bits per heavy atom. The summed E-state index contributed by atoms with van der Waals surface area (Å²) in [6, 6.07) is 8.28. The third kappa shape index (κ3) is 3.09. The van der Waals surface area contributed by atoms with E-state index in [0.29, 0.717) is 24.0 Å². The van der Waals surface area contributed by atoms with E-state index in [4.69, 9.17) is 14.7 Å². The summed E-state index contributed by atoms with van der Waals surface area (Å²) in [5.41, 5.74) is -0.675. The van der Waals surface area contributed by atoms with Gasteiger partial charge in [0, 0.05) is 0 Å². The van der Waals surface area contributed by atoms with Crippen LogP contribution in [-0.2, 0) is 12.0 Å². The lowest BCUT2D eigenvalue weighted by Crippen LogP contribution is -2.36. The molecule has 0 saturated carbocycles. The molecule has 0 spiro atoms. The van der Waals surface area contributed by atoms with Crippen LogP contribution in [0.2, 0.25) is 0 Å². The Balaban J connectivity index is 1.61. The first-order chi connectivity index (χ1) is 12.1. The number of alkyl halides is 3. The first-order valence-corrected chi connectivity index (χ1v) is 8.07. The Hall–Kier alpha value is -2.69. The van der Waals surface area contributed by atoms with Crippen LogP contribution in [0.4, 0.5) is 13.2 Å². The zero-order valence-electron chi connectivity index (χ0n) is 14.6. The molecule has 8 heteroatoms. The van der Waals surface area contributed by atoms with Crippen molar-refractivity contribution in [3.63, 3.8) is 0 Å². The van der Waals surface area contributed by atoms with Crippen LogP contribution in [0, 0.1) is 18.3 Å². The van der Waals surface area contributed by atoms with Gasteiger partial charge in [-0.15, -0.1) is 0 Å². The molecule has 0 N–H and O–H groups in total. The van der Waals surface area contributed by atoms with Crippen LogP contribution in [-0.4, -0.2) is 28.4 Å². The predicted molar refractivity (Wildman–Crippen MR) is 87.1 cm³/mol. The maximum Gasteiger partial charge on any atom is 0.397 e. The lowest BCUT2D eigenvalue weighted by molar-refractivity contribution is -0.180. The van der Waals surface area contributed by atoms with E-state index in [1.807, 2.05) is 10.6 Å². The molecule has 1 aliphatic heterocycles. The van der Waals surface area contributed by atoms with Gasteiger partial charge >= 0.3 is 6.18 Å². The molecule has 1 aromatic heterocycles. The molecular formula is C18H18F3N3O2. The fourth-order valence-corrected chi connectivity index (χ4v) is 2.72. The largest absolute Gasteiger partial charge is 0.490 e. The number of aromatic nitrogens is 2. The van der Waals surface area contributed by atoms with Gasteiger partial charge in [-0.2, -0.15) is 23.4 Å². The topological polar surface area (TPSA) is 60.1 Å². The van der Waals surface area contributed by atoms with E-state index in [9.17, 15) is 13.2 Å². The highest BCUT2D eigenvalue weighted by atomic mass is 19.4. The van der Waals surface area contributed by atoms with Crippen LogP contribution < -0.4 is 9.47 Å². The molecule has 3 rings (SSSR count). The average Bonchev–Trinajstić information content (AvgIpc) is 3.11. The van der Waals surface area contributed by atoms with Gasteiger partial charge in [0.1, 0.15) is 18.4 Å². The van der Waals surface area contributed by atoms with Gasteiger partial charge in [-0.25, -0.2) is 0 Å². The van der Waals surface area contributed by atoms with Crippen molar-refractivity contribution in [2.45, 2.75) is 45.0 Å². The minimum absolute atomic E-state index is 0.175. The summed E-state index contributed by atoms with van der Waals surface area (Å²) in [5, 5.41) is 8.95. The Kier molecular flexibility index (Phi) is 4.34. The molecule has 5 nitrogen and oxygen atoms in total. The van der Waals surface area contributed by atoms with E-state index in [2.05, 4.69) is 4.98 Å². The number of halogens is 3. The normalized spacial score (nSPS) is 16.7. The summed E-state index contributed by atoms with van der Waals surface area (Å²) in [6.07, 6.45) is -4.59. The van der Waals surface area contributed by atoms with Crippen LogP contribution in [0.1, 0.15) is 30.8 Å². The monoisotopic (exact) mass is 365 g/mol. The highest BCUT2D eigenvalue weighted by molar-refractivity contribution is 5.33. The van der Waals surface area contributed by atoms with Crippen molar-refractivity contribution in [2.75, 3.05) is 6.61 Å². The molecule has 2 aromatic rings. The van der Waals surface area contributed by atoms with Crippen molar-refractivity contribution in [3.8, 4) is 17.8 Å². The van der Waals surface area contributed by atoms with Crippen LogP contribution in [0.5, 0.6) is 11.8 Å². The first kappa shape index (κ1) is 18.1. The van der Waals surface area contributed by atoms with Crippen LogP contribution in [0.25, 0.3) is 0 Å². The highest BCUT2D eigenvalue weighted by Crippen LogP contribution is 2.40. The van der Waals surface area contributed by atoms with Crippen molar-refractivity contribution in [1.82, 2.24) is 9.55 Å². The number of ether oxygens (including phenoxy) is 2. The van der Waals surface area contributed by atoms with Gasteiger partial charge in [0.15, 0.2) is 11.8 Å². The highest BCUT2D eigenvalue weighted by Gasteiger charge is 2.48. The Labute approximate surface area is 149 Å². The lowest BCUT2D eigenvalue weighted by Gasteiger charge is -2.28. The molecule has 0 bridgehead atoms. The van der Waals surface area contributed by atoms with E-state index in [0.717, 1.165) is 19.5 Å². The number of nitriles is 1. The Morgan fingerprint density at radius 1 is 1.31 bits per heavy atom. The van der Waals surface area contributed by atoms with Crippen molar-refractivity contribution >= 4 is 0 Å². The zero-order chi connectivity index (χ0) is 19.1. The van der Waals surface area contributed by atoms with Crippen molar-refractivity contribution in [1.29, 1.82) is 5.26 Å². The molecule has 0 aliphatic carbocycles. The third-order valence-corrected chi connectivity index (χ3v) is 4.67. The molecule has 26 heavy (non-hydrogen) atoms. The fourth-order valence-electron chi connectivity index (χ4n) is 2.72. The van der Waals surface area contributed by atoms with E-state index in [-0.39, 0.29) is 18.3 Å². The Bertz CT molecular complexity index is 848. The number of nitrogens with zero attached hydrogens (tertiary/aromatic N) is 3. The summed E-state index contributed by atoms with van der Waals surface area (Å²) in [7, 11) is 0. The molecule has 0 amide bonds. The summed E-state index contributed by atoms with van der Waals surface area (Å²) in [6.45, 7) is 4.83. The number of imidazole rings is 1. The molecule has 0 radical (unpaired) electrons.